The van der Waals surface area contributed by atoms with Crippen LogP contribution in [-0.2, 0) is 4.79 Å². The van der Waals surface area contributed by atoms with Gasteiger partial charge in [-0.3, -0.25) is 9.69 Å². The van der Waals surface area contributed by atoms with Gasteiger partial charge in [-0.15, -0.1) is 0 Å². The molecule has 2 N–H and O–H groups in total. The van der Waals surface area contributed by atoms with Crippen LogP contribution in [0.5, 0.6) is 5.75 Å². The summed E-state index contributed by atoms with van der Waals surface area (Å²) in [6.45, 7) is 7.06. The van der Waals surface area contributed by atoms with Gasteiger partial charge < -0.3 is 15.4 Å². The first kappa shape index (κ1) is 18.2. The SMILES string of the molecule is CC1(N)CCCCC1C(=O)N1CCN(CCOc2ccccc2)CC1. The van der Waals surface area contributed by atoms with Crippen LogP contribution in [0.2, 0.25) is 0 Å². The first-order valence-electron chi connectivity index (χ1n) is 9.54. The number of ether oxygens (including phenoxy) is 1. The Labute approximate surface area is 151 Å². The summed E-state index contributed by atoms with van der Waals surface area (Å²) in [6.07, 6.45) is 4.17. The molecule has 138 valence electrons. The third-order valence-corrected chi connectivity index (χ3v) is 5.66. The first-order valence-corrected chi connectivity index (χ1v) is 9.54. The standard InChI is InChI=1S/C20H31N3O2/c1-20(21)10-6-5-9-18(20)19(24)23-13-11-22(12-14-23)15-16-25-17-7-3-2-4-8-17/h2-4,7-8,18H,5-6,9-16,21H2,1H3. The summed E-state index contributed by atoms with van der Waals surface area (Å²) in [5.41, 5.74) is 6.07. The van der Waals surface area contributed by atoms with E-state index in [1.54, 1.807) is 0 Å². The Morgan fingerprint density at radius 2 is 1.92 bits per heavy atom. The summed E-state index contributed by atoms with van der Waals surface area (Å²) in [5.74, 6) is 1.18. The van der Waals surface area contributed by atoms with Gasteiger partial charge in [-0.25, -0.2) is 0 Å². The number of nitrogens with two attached hydrogens (primary N) is 1. The van der Waals surface area contributed by atoms with E-state index in [9.17, 15) is 4.79 Å². The van der Waals surface area contributed by atoms with E-state index in [0.717, 1.165) is 64.2 Å². The van der Waals surface area contributed by atoms with Crippen molar-refractivity contribution in [1.82, 2.24) is 9.80 Å². The zero-order valence-corrected chi connectivity index (χ0v) is 15.3. The van der Waals surface area contributed by atoms with Gasteiger partial charge in [0.05, 0.1) is 5.92 Å². The number of amides is 1. The normalized spacial score (nSPS) is 27.9. The molecule has 1 aliphatic heterocycles. The molecule has 5 heteroatoms. The van der Waals surface area contributed by atoms with Crippen molar-refractivity contribution in [3.63, 3.8) is 0 Å². The zero-order valence-electron chi connectivity index (χ0n) is 15.3. The van der Waals surface area contributed by atoms with Crippen molar-refractivity contribution in [2.45, 2.75) is 38.1 Å². The second-order valence-electron chi connectivity index (χ2n) is 7.63. The predicted molar refractivity (Wildman–Crippen MR) is 99.5 cm³/mol. The minimum absolute atomic E-state index is 0.00536. The third kappa shape index (κ3) is 4.73. The molecule has 1 heterocycles. The number of carbonyl (C=O) groups excluding carboxylic acids is 1. The average molecular weight is 345 g/mol. The first-order chi connectivity index (χ1) is 12.1. The van der Waals surface area contributed by atoms with Crippen LogP contribution in [0.15, 0.2) is 30.3 Å². The fraction of sp³-hybridized carbons (Fsp3) is 0.650. The van der Waals surface area contributed by atoms with Gasteiger partial charge in [-0.1, -0.05) is 31.0 Å². The molecular weight excluding hydrogens is 314 g/mol. The van der Waals surface area contributed by atoms with Crippen molar-refractivity contribution >= 4 is 5.91 Å². The van der Waals surface area contributed by atoms with Crippen LogP contribution in [0.4, 0.5) is 0 Å². The van der Waals surface area contributed by atoms with Crippen molar-refractivity contribution in [3.05, 3.63) is 30.3 Å². The van der Waals surface area contributed by atoms with Crippen LogP contribution >= 0.6 is 0 Å². The molecule has 1 saturated heterocycles. The molecule has 3 rings (SSSR count). The van der Waals surface area contributed by atoms with Gasteiger partial charge in [0.25, 0.3) is 0 Å². The van der Waals surface area contributed by atoms with E-state index in [1.807, 2.05) is 42.2 Å². The van der Waals surface area contributed by atoms with Gasteiger partial charge in [0.15, 0.2) is 0 Å². The minimum Gasteiger partial charge on any atom is -0.492 e. The predicted octanol–water partition coefficient (Wildman–Crippen LogP) is 2.12. The van der Waals surface area contributed by atoms with E-state index in [4.69, 9.17) is 10.5 Å². The molecule has 2 fully saturated rings. The van der Waals surface area contributed by atoms with Gasteiger partial charge >= 0.3 is 0 Å². The van der Waals surface area contributed by atoms with E-state index in [-0.39, 0.29) is 17.4 Å². The summed E-state index contributed by atoms with van der Waals surface area (Å²) < 4.78 is 5.77. The van der Waals surface area contributed by atoms with Crippen molar-refractivity contribution < 1.29 is 9.53 Å². The highest BCUT2D eigenvalue weighted by Gasteiger charge is 2.40. The minimum atomic E-state index is -0.337. The highest BCUT2D eigenvalue weighted by atomic mass is 16.5. The Kier molecular flexibility index (Phi) is 5.97. The second-order valence-corrected chi connectivity index (χ2v) is 7.63. The summed E-state index contributed by atoms with van der Waals surface area (Å²) in [5, 5.41) is 0. The van der Waals surface area contributed by atoms with E-state index < -0.39 is 0 Å². The number of piperazine rings is 1. The smallest absolute Gasteiger partial charge is 0.227 e. The molecule has 1 aliphatic carbocycles. The van der Waals surface area contributed by atoms with Gasteiger partial charge in [0.1, 0.15) is 12.4 Å². The summed E-state index contributed by atoms with van der Waals surface area (Å²) >= 11 is 0. The third-order valence-electron chi connectivity index (χ3n) is 5.66. The van der Waals surface area contributed by atoms with Crippen LogP contribution in [0.25, 0.3) is 0 Å². The number of benzene rings is 1. The lowest BCUT2D eigenvalue weighted by Crippen LogP contribution is -2.57. The van der Waals surface area contributed by atoms with Crippen molar-refractivity contribution in [3.8, 4) is 5.75 Å². The molecule has 1 saturated carbocycles. The maximum absolute atomic E-state index is 12.9. The molecule has 1 aromatic carbocycles. The van der Waals surface area contributed by atoms with Crippen molar-refractivity contribution in [1.29, 1.82) is 0 Å². The second kappa shape index (κ2) is 8.19. The van der Waals surface area contributed by atoms with Crippen molar-refractivity contribution in [2.24, 2.45) is 11.7 Å². The fourth-order valence-electron chi connectivity index (χ4n) is 3.99. The van der Waals surface area contributed by atoms with E-state index >= 15 is 0 Å². The number of nitrogens with zero attached hydrogens (tertiary/aromatic N) is 2. The van der Waals surface area contributed by atoms with Gasteiger partial charge in [-0.05, 0) is 31.9 Å². The summed E-state index contributed by atoms with van der Waals surface area (Å²) in [4.78, 5) is 17.3. The summed E-state index contributed by atoms with van der Waals surface area (Å²) in [6, 6.07) is 9.91. The average Bonchev–Trinajstić information content (AvgIpc) is 2.62. The molecule has 0 bridgehead atoms. The van der Waals surface area contributed by atoms with E-state index in [2.05, 4.69) is 4.90 Å². The molecule has 2 unspecified atom stereocenters. The molecule has 1 amide bonds. The van der Waals surface area contributed by atoms with Crippen molar-refractivity contribution in [2.75, 3.05) is 39.3 Å². The van der Waals surface area contributed by atoms with Crippen LogP contribution in [0.1, 0.15) is 32.6 Å². The van der Waals surface area contributed by atoms with Gasteiger partial charge in [0, 0.05) is 38.3 Å². The molecule has 0 aromatic heterocycles. The number of carbonyl (C=O) groups is 1. The molecule has 5 nitrogen and oxygen atoms in total. The number of rotatable bonds is 5. The largest absolute Gasteiger partial charge is 0.492 e. The zero-order chi connectivity index (χ0) is 17.7. The Bertz CT molecular complexity index is 553. The Hall–Kier alpha value is -1.59. The lowest BCUT2D eigenvalue weighted by molar-refractivity contribution is -0.140. The summed E-state index contributed by atoms with van der Waals surface area (Å²) in [7, 11) is 0. The maximum Gasteiger partial charge on any atom is 0.227 e. The van der Waals surface area contributed by atoms with E-state index in [0.29, 0.717) is 6.61 Å². The highest BCUT2D eigenvalue weighted by Crippen LogP contribution is 2.33. The Morgan fingerprint density at radius 3 is 2.60 bits per heavy atom. The number of hydrogen-bond donors (Lipinski definition) is 1. The molecule has 25 heavy (non-hydrogen) atoms. The Morgan fingerprint density at radius 1 is 1.20 bits per heavy atom. The molecule has 0 radical (unpaired) electrons. The maximum atomic E-state index is 12.9. The van der Waals surface area contributed by atoms with E-state index in [1.165, 1.54) is 0 Å². The van der Waals surface area contributed by atoms with Gasteiger partial charge in [-0.2, -0.15) is 0 Å². The molecule has 0 spiro atoms. The molecule has 2 atom stereocenters. The Balaban J connectivity index is 1.41. The lowest BCUT2D eigenvalue weighted by Gasteiger charge is -2.42. The van der Waals surface area contributed by atoms with Crippen LogP contribution in [-0.4, -0.2) is 60.6 Å². The number of para-hydroxylation sites is 1. The molecule has 1 aromatic rings. The fourth-order valence-corrected chi connectivity index (χ4v) is 3.99. The quantitative estimate of drug-likeness (QED) is 0.888. The van der Waals surface area contributed by atoms with Gasteiger partial charge in [0.2, 0.25) is 5.91 Å². The topological polar surface area (TPSA) is 58.8 Å². The van der Waals surface area contributed by atoms with Crippen LogP contribution in [0.3, 0.4) is 0 Å². The monoisotopic (exact) mass is 345 g/mol. The van der Waals surface area contributed by atoms with Crippen LogP contribution < -0.4 is 10.5 Å². The number of hydrogen-bond acceptors (Lipinski definition) is 4. The molecule has 2 aliphatic rings. The lowest BCUT2D eigenvalue weighted by atomic mass is 9.74. The van der Waals surface area contributed by atoms with Crippen LogP contribution in [0, 0.1) is 5.92 Å². The molecular formula is C20H31N3O2. The highest BCUT2D eigenvalue weighted by molar-refractivity contribution is 5.80.